The molecule has 86 valence electrons. The van der Waals surface area contributed by atoms with Crippen LogP contribution >= 0.6 is 11.3 Å². The molecule has 1 aromatic rings. The lowest BCUT2D eigenvalue weighted by molar-refractivity contribution is 0.0740. The third kappa shape index (κ3) is 2.23. The molecular weight excluding hydrogens is 226 g/mol. The van der Waals surface area contributed by atoms with Crippen molar-refractivity contribution < 1.29 is 9.59 Å². The van der Waals surface area contributed by atoms with Gasteiger partial charge < -0.3 is 16.0 Å². The first kappa shape index (κ1) is 11.1. The maximum atomic E-state index is 12.0. The average Bonchev–Trinajstić information content (AvgIpc) is 2.78. The second-order valence-electron chi connectivity index (χ2n) is 3.57. The Balaban J connectivity index is 2.10. The van der Waals surface area contributed by atoms with E-state index in [-0.39, 0.29) is 5.91 Å². The first-order valence-corrected chi connectivity index (χ1v) is 5.90. The van der Waals surface area contributed by atoms with E-state index in [0.29, 0.717) is 22.8 Å². The second-order valence-corrected chi connectivity index (χ2v) is 4.65. The molecule has 2 heterocycles. The Hall–Kier alpha value is -1.40. The van der Waals surface area contributed by atoms with Gasteiger partial charge in [0.1, 0.15) is 0 Å². The summed E-state index contributed by atoms with van der Waals surface area (Å²) in [6.07, 6.45) is 0. The molecule has 0 saturated carbocycles. The first-order valence-electron chi connectivity index (χ1n) is 5.08. The molecule has 2 amide bonds. The third-order valence-electron chi connectivity index (χ3n) is 2.46. The molecule has 5 nitrogen and oxygen atoms in total. The van der Waals surface area contributed by atoms with Crippen LogP contribution in [0, 0.1) is 0 Å². The minimum absolute atomic E-state index is 0.0148. The quantitative estimate of drug-likeness (QED) is 0.756. The number of nitrogens with two attached hydrogens (primary N) is 1. The molecule has 0 aromatic carbocycles. The van der Waals surface area contributed by atoms with Gasteiger partial charge in [0.15, 0.2) is 0 Å². The largest absolute Gasteiger partial charge is 0.365 e. The molecule has 1 aromatic heterocycles. The molecule has 3 N–H and O–H groups in total. The number of hydrogen-bond donors (Lipinski definition) is 2. The van der Waals surface area contributed by atoms with Crippen LogP contribution < -0.4 is 11.1 Å². The second kappa shape index (κ2) is 4.63. The topological polar surface area (TPSA) is 75.4 Å². The van der Waals surface area contributed by atoms with Gasteiger partial charge in [-0.1, -0.05) is 0 Å². The summed E-state index contributed by atoms with van der Waals surface area (Å²) in [6, 6.07) is 3.26. The van der Waals surface area contributed by atoms with E-state index in [1.165, 1.54) is 0 Å². The van der Waals surface area contributed by atoms with Crippen molar-refractivity contribution in [2.24, 2.45) is 5.73 Å². The minimum Gasteiger partial charge on any atom is -0.365 e. The van der Waals surface area contributed by atoms with Crippen molar-refractivity contribution in [1.82, 2.24) is 10.2 Å². The minimum atomic E-state index is -0.482. The van der Waals surface area contributed by atoms with E-state index >= 15 is 0 Å². The Labute approximate surface area is 97.2 Å². The maximum absolute atomic E-state index is 12.0. The maximum Gasteiger partial charge on any atom is 0.264 e. The summed E-state index contributed by atoms with van der Waals surface area (Å²) in [4.78, 5) is 25.7. The number of hydrogen-bond acceptors (Lipinski definition) is 4. The molecule has 0 aliphatic carbocycles. The van der Waals surface area contributed by atoms with Gasteiger partial charge in [-0.05, 0) is 12.1 Å². The zero-order chi connectivity index (χ0) is 11.5. The van der Waals surface area contributed by atoms with E-state index in [9.17, 15) is 9.59 Å². The van der Waals surface area contributed by atoms with Gasteiger partial charge in [-0.25, -0.2) is 0 Å². The van der Waals surface area contributed by atoms with E-state index in [2.05, 4.69) is 5.32 Å². The van der Waals surface area contributed by atoms with Crippen LogP contribution in [-0.4, -0.2) is 42.9 Å². The Morgan fingerprint density at radius 3 is 2.44 bits per heavy atom. The number of nitrogens with zero attached hydrogens (tertiary/aromatic N) is 1. The lowest BCUT2D eigenvalue weighted by Crippen LogP contribution is -2.46. The molecule has 1 aliphatic heterocycles. The van der Waals surface area contributed by atoms with Gasteiger partial charge in [-0.2, -0.15) is 0 Å². The van der Waals surface area contributed by atoms with Crippen molar-refractivity contribution in [1.29, 1.82) is 0 Å². The van der Waals surface area contributed by atoms with E-state index < -0.39 is 5.91 Å². The number of rotatable bonds is 2. The molecule has 1 saturated heterocycles. The number of carbonyl (C=O) groups excluding carboxylic acids is 2. The predicted octanol–water partition coefficient (Wildman–Crippen LogP) is -0.108. The van der Waals surface area contributed by atoms with Crippen LogP contribution in [0.2, 0.25) is 0 Å². The summed E-state index contributed by atoms with van der Waals surface area (Å²) in [6.45, 7) is 3.06. The smallest absolute Gasteiger partial charge is 0.264 e. The molecule has 1 aliphatic rings. The number of primary amides is 1. The third-order valence-corrected chi connectivity index (χ3v) is 3.55. The molecule has 0 spiro atoms. The summed E-state index contributed by atoms with van der Waals surface area (Å²) in [5.74, 6) is -0.497. The lowest BCUT2D eigenvalue weighted by atomic mass is 10.3. The van der Waals surface area contributed by atoms with Crippen molar-refractivity contribution in [2.45, 2.75) is 0 Å². The van der Waals surface area contributed by atoms with Gasteiger partial charge in [0, 0.05) is 26.2 Å². The number of amides is 2. The van der Waals surface area contributed by atoms with Crippen LogP contribution in [0.25, 0.3) is 0 Å². The highest BCUT2D eigenvalue weighted by Crippen LogP contribution is 2.18. The summed E-state index contributed by atoms with van der Waals surface area (Å²) in [5.41, 5.74) is 5.14. The molecule has 0 radical (unpaired) electrons. The Morgan fingerprint density at radius 1 is 1.25 bits per heavy atom. The average molecular weight is 239 g/mol. The zero-order valence-corrected chi connectivity index (χ0v) is 9.55. The molecule has 2 rings (SSSR count). The van der Waals surface area contributed by atoms with Gasteiger partial charge in [-0.15, -0.1) is 11.3 Å². The Bertz CT molecular complexity index is 410. The summed E-state index contributed by atoms with van der Waals surface area (Å²) < 4.78 is 0. The van der Waals surface area contributed by atoms with Crippen molar-refractivity contribution in [3.63, 3.8) is 0 Å². The van der Waals surface area contributed by atoms with Crippen LogP contribution in [0.4, 0.5) is 0 Å². The van der Waals surface area contributed by atoms with Crippen LogP contribution in [0.5, 0.6) is 0 Å². The molecule has 1 fully saturated rings. The first-order chi connectivity index (χ1) is 7.68. The fourth-order valence-corrected chi connectivity index (χ4v) is 2.44. The molecule has 0 bridgehead atoms. The van der Waals surface area contributed by atoms with E-state index in [1.54, 1.807) is 17.0 Å². The van der Waals surface area contributed by atoms with Gasteiger partial charge in [0.2, 0.25) is 0 Å². The summed E-state index contributed by atoms with van der Waals surface area (Å²) in [5, 5.41) is 3.18. The van der Waals surface area contributed by atoms with E-state index in [1.807, 2.05) is 0 Å². The van der Waals surface area contributed by atoms with Gasteiger partial charge in [-0.3, -0.25) is 9.59 Å². The number of thiophene rings is 1. The normalized spacial score (nSPS) is 16.1. The van der Waals surface area contributed by atoms with Crippen molar-refractivity contribution in [3.8, 4) is 0 Å². The molecular formula is C10H13N3O2S. The zero-order valence-electron chi connectivity index (χ0n) is 8.73. The SMILES string of the molecule is NC(=O)c1ccc(C(=O)N2CCNCC2)s1. The highest BCUT2D eigenvalue weighted by Gasteiger charge is 2.20. The van der Waals surface area contributed by atoms with Crippen LogP contribution in [0.1, 0.15) is 19.3 Å². The van der Waals surface area contributed by atoms with E-state index in [0.717, 1.165) is 24.4 Å². The molecule has 0 unspecified atom stereocenters. The fraction of sp³-hybridized carbons (Fsp3) is 0.400. The Morgan fingerprint density at radius 2 is 1.88 bits per heavy atom. The van der Waals surface area contributed by atoms with Crippen LogP contribution in [0.15, 0.2) is 12.1 Å². The van der Waals surface area contributed by atoms with Crippen molar-refractivity contribution in [2.75, 3.05) is 26.2 Å². The van der Waals surface area contributed by atoms with Gasteiger partial charge in [0.05, 0.1) is 9.75 Å². The molecule has 6 heteroatoms. The van der Waals surface area contributed by atoms with Gasteiger partial charge >= 0.3 is 0 Å². The molecule has 0 atom stereocenters. The van der Waals surface area contributed by atoms with Crippen LogP contribution in [0.3, 0.4) is 0 Å². The number of piperazine rings is 1. The lowest BCUT2D eigenvalue weighted by Gasteiger charge is -2.26. The standard InChI is InChI=1S/C10H13N3O2S/c11-9(14)7-1-2-8(16-7)10(15)13-5-3-12-4-6-13/h1-2,12H,3-6H2,(H2,11,14). The highest BCUT2D eigenvalue weighted by atomic mass is 32.1. The van der Waals surface area contributed by atoms with Crippen LogP contribution in [-0.2, 0) is 0 Å². The van der Waals surface area contributed by atoms with E-state index in [4.69, 9.17) is 5.73 Å². The monoisotopic (exact) mass is 239 g/mol. The van der Waals surface area contributed by atoms with Crippen molar-refractivity contribution >= 4 is 23.2 Å². The number of carbonyl (C=O) groups is 2. The Kier molecular flexibility index (Phi) is 3.21. The predicted molar refractivity (Wildman–Crippen MR) is 61.6 cm³/mol. The number of nitrogens with one attached hydrogen (secondary N) is 1. The summed E-state index contributed by atoms with van der Waals surface area (Å²) >= 11 is 1.16. The molecule has 16 heavy (non-hydrogen) atoms. The highest BCUT2D eigenvalue weighted by molar-refractivity contribution is 7.15. The fourth-order valence-electron chi connectivity index (χ4n) is 1.61. The van der Waals surface area contributed by atoms with Gasteiger partial charge in [0.25, 0.3) is 11.8 Å². The van der Waals surface area contributed by atoms with Crippen molar-refractivity contribution in [3.05, 3.63) is 21.9 Å². The summed E-state index contributed by atoms with van der Waals surface area (Å²) in [7, 11) is 0.